The molecule has 0 saturated heterocycles. The maximum absolute atomic E-state index is 11.7. The highest BCUT2D eigenvalue weighted by Crippen LogP contribution is 2.12. The molecule has 0 saturated carbocycles. The van der Waals surface area contributed by atoms with Gasteiger partial charge in [0.2, 0.25) is 0 Å². The summed E-state index contributed by atoms with van der Waals surface area (Å²) in [6.07, 6.45) is 1.01. The van der Waals surface area contributed by atoms with E-state index >= 15 is 0 Å². The van der Waals surface area contributed by atoms with Crippen LogP contribution in [0.25, 0.3) is 0 Å². The zero-order valence-electron chi connectivity index (χ0n) is 10.0. The van der Waals surface area contributed by atoms with Crippen LogP contribution in [0.15, 0.2) is 29.2 Å². The molecule has 0 spiro atoms. The Morgan fingerprint density at radius 2 is 1.94 bits per heavy atom. The Balaban J connectivity index is 2.66. The third-order valence-corrected chi connectivity index (χ3v) is 3.38. The average Bonchev–Trinajstić information content (AvgIpc) is 2.28. The molecule has 0 bridgehead atoms. The van der Waals surface area contributed by atoms with Crippen molar-refractivity contribution in [2.75, 3.05) is 0 Å². The molecule has 0 aliphatic rings. The first-order valence-corrected chi connectivity index (χ1v) is 6.88. The molecule has 5 nitrogen and oxygen atoms in total. The van der Waals surface area contributed by atoms with Gasteiger partial charge in [0, 0.05) is 0 Å². The van der Waals surface area contributed by atoms with Crippen LogP contribution in [0.1, 0.15) is 25.3 Å². The molecule has 1 unspecified atom stereocenters. The van der Waals surface area contributed by atoms with Gasteiger partial charge in [0.05, 0.1) is 11.1 Å². The van der Waals surface area contributed by atoms with Crippen LogP contribution in [-0.4, -0.2) is 14.6 Å². The van der Waals surface area contributed by atoms with E-state index in [9.17, 15) is 8.42 Å². The number of aryl methyl sites for hydroxylation is 1. The van der Waals surface area contributed by atoms with Crippen molar-refractivity contribution in [2.45, 2.75) is 37.8 Å². The summed E-state index contributed by atoms with van der Waals surface area (Å²) in [5.74, 6) is 0. The lowest BCUT2D eigenvalue weighted by Crippen LogP contribution is -2.38. The molecular formula is C11H18N2O3S. The fourth-order valence-electron chi connectivity index (χ4n) is 1.25. The number of rotatable bonds is 6. The highest BCUT2D eigenvalue weighted by Gasteiger charge is 2.16. The summed E-state index contributed by atoms with van der Waals surface area (Å²) in [7, 11) is -3.78. The van der Waals surface area contributed by atoms with E-state index in [4.69, 9.17) is 5.73 Å². The second-order valence-corrected chi connectivity index (χ2v) is 5.41. The van der Waals surface area contributed by atoms with Crippen molar-refractivity contribution in [3.63, 3.8) is 0 Å². The third kappa shape index (κ3) is 4.43. The van der Waals surface area contributed by atoms with Gasteiger partial charge in [-0.25, -0.2) is 0 Å². The molecule has 0 aliphatic carbocycles. The predicted octanol–water partition coefficient (Wildman–Crippen LogP) is 1.29. The van der Waals surface area contributed by atoms with Crippen LogP contribution >= 0.6 is 0 Å². The fraction of sp³-hybridized carbons (Fsp3) is 0.455. The van der Waals surface area contributed by atoms with Gasteiger partial charge in [-0.3, -0.25) is 0 Å². The van der Waals surface area contributed by atoms with Gasteiger partial charge in [0.25, 0.3) is 0 Å². The number of benzene rings is 1. The van der Waals surface area contributed by atoms with E-state index < -0.39 is 16.3 Å². The first-order chi connectivity index (χ1) is 7.95. The predicted molar refractivity (Wildman–Crippen MR) is 65.5 cm³/mol. The van der Waals surface area contributed by atoms with Crippen molar-refractivity contribution in [2.24, 2.45) is 5.73 Å². The van der Waals surface area contributed by atoms with Crippen LogP contribution in [0.4, 0.5) is 0 Å². The minimum absolute atomic E-state index is 0.110. The van der Waals surface area contributed by atoms with E-state index in [0.29, 0.717) is 6.42 Å². The molecule has 0 fully saturated rings. The van der Waals surface area contributed by atoms with Gasteiger partial charge in [0.15, 0.2) is 0 Å². The van der Waals surface area contributed by atoms with E-state index in [-0.39, 0.29) is 4.90 Å². The lowest BCUT2D eigenvalue weighted by molar-refractivity contribution is 0.159. The Hall–Kier alpha value is -0.950. The van der Waals surface area contributed by atoms with Crippen LogP contribution in [0.5, 0.6) is 0 Å². The summed E-state index contributed by atoms with van der Waals surface area (Å²) in [6.45, 7) is 3.84. The normalized spacial score (nSPS) is 13.6. The van der Waals surface area contributed by atoms with Crippen molar-refractivity contribution in [3.05, 3.63) is 29.8 Å². The average molecular weight is 258 g/mol. The number of hydroxylamine groups is 1. The van der Waals surface area contributed by atoms with Gasteiger partial charge < -0.3 is 5.73 Å². The topological polar surface area (TPSA) is 81.4 Å². The summed E-state index contributed by atoms with van der Waals surface area (Å²) in [4.78, 5) is 0.110. The Morgan fingerprint density at radius 3 is 2.47 bits per heavy atom. The summed E-state index contributed by atoms with van der Waals surface area (Å²) >= 11 is 0. The molecule has 6 heteroatoms. The summed E-state index contributed by atoms with van der Waals surface area (Å²) in [5.41, 5.74) is 8.91. The summed E-state index contributed by atoms with van der Waals surface area (Å²) in [6, 6.07) is 6.42. The Morgan fingerprint density at radius 1 is 1.35 bits per heavy atom. The fourth-order valence-corrected chi connectivity index (χ4v) is 2.06. The van der Waals surface area contributed by atoms with E-state index in [2.05, 4.69) is 9.76 Å². The monoisotopic (exact) mass is 258 g/mol. The maximum atomic E-state index is 11.7. The zero-order chi connectivity index (χ0) is 12.9. The maximum Gasteiger partial charge on any atom is 0.312 e. The minimum Gasteiger partial charge on any atom is -0.314 e. The Kier molecular flexibility index (Phi) is 5.07. The second-order valence-electron chi connectivity index (χ2n) is 3.86. The standard InChI is InChI=1S/C11H18N2O3S/c1-3-4-11(12)13-16-17(14,15)10-7-5-9(2)6-8-10/h5-8,11,13H,3-4,12H2,1-2H3. The molecule has 1 aromatic rings. The van der Waals surface area contributed by atoms with Crippen molar-refractivity contribution in [1.29, 1.82) is 0 Å². The van der Waals surface area contributed by atoms with Crippen molar-refractivity contribution < 1.29 is 12.7 Å². The second kappa shape index (κ2) is 6.11. The molecular weight excluding hydrogens is 240 g/mol. The number of hydrogen-bond acceptors (Lipinski definition) is 5. The van der Waals surface area contributed by atoms with E-state index in [0.717, 1.165) is 12.0 Å². The lowest BCUT2D eigenvalue weighted by Gasteiger charge is -2.12. The Labute approximate surface area is 102 Å². The highest BCUT2D eigenvalue weighted by molar-refractivity contribution is 7.86. The van der Waals surface area contributed by atoms with Crippen LogP contribution in [0.2, 0.25) is 0 Å². The number of nitrogens with one attached hydrogen (secondary N) is 1. The third-order valence-electron chi connectivity index (χ3n) is 2.22. The minimum atomic E-state index is -3.78. The lowest BCUT2D eigenvalue weighted by atomic mass is 10.2. The molecule has 1 rings (SSSR count). The molecule has 0 aliphatic heterocycles. The van der Waals surface area contributed by atoms with Crippen LogP contribution in [0, 0.1) is 6.92 Å². The first kappa shape index (κ1) is 14.1. The van der Waals surface area contributed by atoms with E-state index in [1.807, 2.05) is 13.8 Å². The van der Waals surface area contributed by atoms with Gasteiger partial charge in [-0.15, -0.1) is 0 Å². The van der Waals surface area contributed by atoms with Gasteiger partial charge in [-0.05, 0) is 25.5 Å². The van der Waals surface area contributed by atoms with Gasteiger partial charge in [-0.1, -0.05) is 31.0 Å². The van der Waals surface area contributed by atoms with Crippen LogP contribution in [-0.2, 0) is 14.4 Å². The first-order valence-electron chi connectivity index (χ1n) is 5.47. The molecule has 0 radical (unpaired) electrons. The van der Waals surface area contributed by atoms with E-state index in [1.165, 1.54) is 12.1 Å². The molecule has 0 aromatic heterocycles. The smallest absolute Gasteiger partial charge is 0.312 e. The van der Waals surface area contributed by atoms with Crippen molar-refractivity contribution in [3.8, 4) is 0 Å². The zero-order valence-corrected chi connectivity index (χ0v) is 10.8. The highest BCUT2D eigenvalue weighted by atomic mass is 32.2. The van der Waals surface area contributed by atoms with Crippen molar-refractivity contribution in [1.82, 2.24) is 5.48 Å². The van der Waals surface area contributed by atoms with E-state index in [1.54, 1.807) is 12.1 Å². The number of nitrogens with two attached hydrogens (primary N) is 1. The molecule has 0 heterocycles. The Bertz CT molecular complexity index is 442. The molecule has 1 atom stereocenters. The van der Waals surface area contributed by atoms with Crippen molar-refractivity contribution >= 4 is 10.1 Å². The SMILES string of the molecule is CCCC(N)NOS(=O)(=O)c1ccc(C)cc1. The summed E-state index contributed by atoms with van der Waals surface area (Å²) in [5, 5.41) is 0. The molecule has 0 amide bonds. The van der Waals surface area contributed by atoms with Crippen LogP contribution < -0.4 is 11.2 Å². The molecule has 96 valence electrons. The molecule has 17 heavy (non-hydrogen) atoms. The molecule has 3 N–H and O–H groups in total. The largest absolute Gasteiger partial charge is 0.314 e. The summed E-state index contributed by atoms with van der Waals surface area (Å²) < 4.78 is 28.1. The molecule has 1 aromatic carbocycles. The van der Waals surface area contributed by atoms with Crippen LogP contribution in [0.3, 0.4) is 0 Å². The van der Waals surface area contributed by atoms with Gasteiger partial charge >= 0.3 is 10.1 Å². The number of hydrogen-bond donors (Lipinski definition) is 2. The quantitative estimate of drug-likeness (QED) is 0.593. The van der Waals surface area contributed by atoms with Gasteiger partial charge in [0.1, 0.15) is 0 Å². The van der Waals surface area contributed by atoms with Gasteiger partial charge in [-0.2, -0.15) is 18.2 Å².